The zero-order valence-electron chi connectivity index (χ0n) is 68.2. The van der Waals surface area contributed by atoms with Crippen molar-refractivity contribution in [3.63, 3.8) is 0 Å². The number of phosphoric ester groups is 2. The van der Waals surface area contributed by atoms with E-state index in [0.29, 0.717) is 25.7 Å². The largest absolute Gasteiger partial charge is 0.472 e. The Morgan fingerprint density at radius 3 is 0.654 bits per heavy atom. The maximum atomic E-state index is 13.1. The Labute approximate surface area is 638 Å². The van der Waals surface area contributed by atoms with Crippen LogP contribution in [0.25, 0.3) is 0 Å². The van der Waals surface area contributed by atoms with Gasteiger partial charge in [-0.15, -0.1) is 0 Å². The van der Waals surface area contributed by atoms with Crippen LogP contribution in [0.1, 0.15) is 458 Å². The van der Waals surface area contributed by atoms with Crippen LogP contribution < -0.4 is 0 Å². The first-order valence-corrected chi connectivity index (χ1v) is 47.1. The Bertz CT molecular complexity index is 1980. The van der Waals surface area contributed by atoms with Crippen molar-refractivity contribution in [2.45, 2.75) is 477 Å². The molecule has 104 heavy (non-hydrogen) atoms. The molecule has 0 aliphatic heterocycles. The smallest absolute Gasteiger partial charge is 0.462 e. The lowest BCUT2D eigenvalue weighted by atomic mass is 10.0. The predicted molar refractivity (Wildman–Crippen MR) is 428 cm³/mol. The quantitative estimate of drug-likeness (QED) is 0.0222. The molecule has 0 fully saturated rings. The minimum Gasteiger partial charge on any atom is -0.462 e. The number of hydrogen-bond donors (Lipinski definition) is 3. The van der Waals surface area contributed by atoms with Gasteiger partial charge in [0, 0.05) is 25.7 Å². The number of rotatable bonds is 85. The van der Waals surface area contributed by atoms with E-state index in [9.17, 15) is 43.2 Å². The van der Waals surface area contributed by atoms with Crippen molar-refractivity contribution < 1.29 is 80.2 Å². The van der Waals surface area contributed by atoms with Crippen LogP contribution in [0, 0.1) is 5.92 Å². The molecule has 0 aromatic carbocycles. The zero-order chi connectivity index (χ0) is 76.2. The third kappa shape index (κ3) is 78.2. The van der Waals surface area contributed by atoms with Crippen LogP contribution in [0.3, 0.4) is 0 Å². The predicted octanol–water partition coefficient (Wildman–Crippen LogP) is 26.0. The van der Waals surface area contributed by atoms with E-state index in [1.165, 1.54) is 283 Å². The number of unbranched alkanes of at least 4 members (excludes halogenated alkanes) is 57. The number of ether oxygens (including phenoxy) is 4. The molecule has 2 unspecified atom stereocenters. The number of carbonyl (C=O) groups excluding carboxylic acids is 4. The van der Waals surface area contributed by atoms with E-state index >= 15 is 0 Å². The summed E-state index contributed by atoms with van der Waals surface area (Å²) in [5.74, 6) is -1.37. The van der Waals surface area contributed by atoms with Crippen LogP contribution in [-0.4, -0.2) is 96.7 Å². The van der Waals surface area contributed by atoms with Gasteiger partial charge in [0.05, 0.1) is 26.4 Å². The number of carbonyl (C=O) groups is 4. The fourth-order valence-corrected chi connectivity index (χ4v) is 14.9. The summed E-state index contributed by atoms with van der Waals surface area (Å²) in [5.41, 5.74) is 0. The first-order valence-electron chi connectivity index (χ1n) is 44.1. The van der Waals surface area contributed by atoms with E-state index in [1.807, 2.05) is 0 Å². The average molecular weight is 1520 g/mol. The molecule has 17 nitrogen and oxygen atoms in total. The van der Waals surface area contributed by atoms with Crippen molar-refractivity contribution >= 4 is 39.5 Å². The second kappa shape index (κ2) is 77.8. The van der Waals surface area contributed by atoms with Gasteiger partial charge in [0.25, 0.3) is 0 Å². The van der Waals surface area contributed by atoms with Crippen molar-refractivity contribution in [2.24, 2.45) is 5.92 Å². The molecule has 0 heterocycles. The fourth-order valence-electron chi connectivity index (χ4n) is 13.3. The second-order valence-electron chi connectivity index (χ2n) is 31.1. The molecule has 0 saturated heterocycles. The minimum absolute atomic E-state index is 0.108. The monoisotopic (exact) mass is 1520 g/mol. The van der Waals surface area contributed by atoms with E-state index in [-0.39, 0.29) is 25.7 Å². The summed E-state index contributed by atoms with van der Waals surface area (Å²) in [6.07, 6.45) is 70.8. The lowest BCUT2D eigenvalue weighted by molar-refractivity contribution is -0.161. The highest BCUT2D eigenvalue weighted by molar-refractivity contribution is 7.47. The molecule has 0 radical (unpaired) electrons. The van der Waals surface area contributed by atoms with Gasteiger partial charge in [0.2, 0.25) is 0 Å². The average Bonchev–Trinajstić information content (AvgIpc) is 0.913. The van der Waals surface area contributed by atoms with Crippen molar-refractivity contribution in [1.82, 2.24) is 0 Å². The molecule has 0 amide bonds. The van der Waals surface area contributed by atoms with E-state index < -0.39 is 97.5 Å². The van der Waals surface area contributed by atoms with Crippen molar-refractivity contribution in [3.8, 4) is 0 Å². The summed E-state index contributed by atoms with van der Waals surface area (Å²) >= 11 is 0. The van der Waals surface area contributed by atoms with Gasteiger partial charge in [-0.1, -0.05) is 407 Å². The standard InChI is InChI=1S/C85H166O17P2/c1-6-9-12-15-18-21-24-27-30-33-34-37-40-43-46-49-56-61-66-70-84(89)101-80(74-95-82(87)68-63-58-53-47-44-41-38-35-31-28-25-22-19-16-13-10-7-2)76-99-103(91,92)97-72-79(86)73-98-104(93,94)100-77-81(75-96-83(88)69-64-59-54-51-50-52-57-62-67-78(4)5)102-85(90)71-65-60-55-48-45-42-39-36-32-29-26-23-20-17-14-11-8-3/h78-81,86H,6-77H2,1-5H3,(H,91,92)(H,93,94)/t79-,80-,81-/m1/s1. The Morgan fingerprint density at radius 2 is 0.442 bits per heavy atom. The molecule has 0 aliphatic rings. The Hall–Kier alpha value is -1.94. The summed E-state index contributed by atoms with van der Waals surface area (Å²) in [6.45, 7) is 7.33. The maximum absolute atomic E-state index is 13.1. The Balaban J connectivity index is 5.24. The first-order chi connectivity index (χ1) is 50.5. The number of esters is 4. The van der Waals surface area contributed by atoms with Gasteiger partial charge >= 0.3 is 39.5 Å². The van der Waals surface area contributed by atoms with Crippen molar-refractivity contribution in [2.75, 3.05) is 39.6 Å². The Kier molecular flexibility index (Phi) is 76.3. The molecule has 0 aromatic rings. The third-order valence-corrected chi connectivity index (χ3v) is 21.9. The Morgan fingerprint density at radius 1 is 0.260 bits per heavy atom. The van der Waals surface area contributed by atoms with Crippen LogP contribution in [0.2, 0.25) is 0 Å². The second-order valence-corrected chi connectivity index (χ2v) is 34.0. The lowest BCUT2D eigenvalue weighted by Crippen LogP contribution is -2.30. The number of phosphoric acid groups is 2. The molecule has 0 bridgehead atoms. The summed E-state index contributed by atoms with van der Waals surface area (Å²) in [5, 5.41) is 10.7. The van der Waals surface area contributed by atoms with Gasteiger partial charge < -0.3 is 33.8 Å². The van der Waals surface area contributed by atoms with Crippen LogP contribution in [-0.2, 0) is 65.4 Å². The molecule has 0 saturated carbocycles. The van der Waals surface area contributed by atoms with E-state index in [1.54, 1.807) is 0 Å². The summed E-state index contributed by atoms with van der Waals surface area (Å²) in [6, 6.07) is 0. The highest BCUT2D eigenvalue weighted by Gasteiger charge is 2.30. The van der Waals surface area contributed by atoms with Gasteiger partial charge in [0.15, 0.2) is 12.2 Å². The summed E-state index contributed by atoms with van der Waals surface area (Å²) in [4.78, 5) is 73.2. The van der Waals surface area contributed by atoms with E-state index in [4.69, 9.17) is 37.0 Å². The van der Waals surface area contributed by atoms with E-state index in [2.05, 4.69) is 34.6 Å². The fraction of sp³-hybridized carbons (Fsp3) is 0.953. The normalized spacial score (nSPS) is 13.8. The van der Waals surface area contributed by atoms with Crippen molar-refractivity contribution in [1.29, 1.82) is 0 Å². The molecule has 5 atom stereocenters. The van der Waals surface area contributed by atoms with Gasteiger partial charge in [0.1, 0.15) is 19.3 Å². The maximum Gasteiger partial charge on any atom is 0.472 e. The molecule has 0 aromatic heterocycles. The van der Waals surface area contributed by atoms with Crippen LogP contribution in [0.5, 0.6) is 0 Å². The van der Waals surface area contributed by atoms with E-state index in [0.717, 1.165) is 95.8 Å². The topological polar surface area (TPSA) is 237 Å². The molecule has 3 N–H and O–H groups in total. The molecule has 19 heteroatoms. The first kappa shape index (κ1) is 102. The lowest BCUT2D eigenvalue weighted by Gasteiger charge is -2.21. The molecule has 0 spiro atoms. The SMILES string of the molecule is CCCCCCCCCCCCCCCCCCCCCC(=O)O[C@H](COC(=O)CCCCCCCCCCCCCCCCCCC)COP(=O)(O)OC[C@@H](O)COP(=O)(O)OC[C@@H](COC(=O)CCCCCCCCCCC(C)C)OC(=O)CCCCCCCCCCCCCCCCCCC. The number of aliphatic hydroxyl groups is 1. The minimum atomic E-state index is -4.96. The zero-order valence-corrected chi connectivity index (χ0v) is 70.0. The van der Waals surface area contributed by atoms with Crippen LogP contribution in [0.4, 0.5) is 0 Å². The summed E-state index contributed by atoms with van der Waals surface area (Å²) in [7, 11) is -9.93. The molecular weight excluding hydrogens is 1350 g/mol. The third-order valence-electron chi connectivity index (χ3n) is 20.0. The molecule has 0 rings (SSSR count). The highest BCUT2D eigenvalue weighted by atomic mass is 31.2. The van der Waals surface area contributed by atoms with Crippen LogP contribution >= 0.6 is 15.6 Å². The van der Waals surface area contributed by atoms with Gasteiger partial charge in [-0.3, -0.25) is 37.3 Å². The van der Waals surface area contributed by atoms with Crippen LogP contribution in [0.15, 0.2) is 0 Å². The number of aliphatic hydroxyl groups excluding tert-OH is 1. The van der Waals surface area contributed by atoms with Gasteiger partial charge in [-0.2, -0.15) is 0 Å². The van der Waals surface area contributed by atoms with Crippen molar-refractivity contribution in [3.05, 3.63) is 0 Å². The molecule has 618 valence electrons. The number of hydrogen-bond acceptors (Lipinski definition) is 15. The molecule has 0 aliphatic carbocycles. The molecular formula is C85H166O17P2. The highest BCUT2D eigenvalue weighted by Crippen LogP contribution is 2.45. The van der Waals surface area contributed by atoms with Gasteiger partial charge in [-0.25, -0.2) is 9.13 Å². The summed E-state index contributed by atoms with van der Waals surface area (Å²) < 4.78 is 68.9. The van der Waals surface area contributed by atoms with Gasteiger partial charge in [-0.05, 0) is 31.6 Å².